The maximum Gasteiger partial charge on any atom is 0.266 e. The van der Waals surface area contributed by atoms with Crippen LogP contribution >= 0.6 is 39.9 Å². The molecular weight excluding hydrogens is 386 g/mol. The van der Waals surface area contributed by atoms with Gasteiger partial charge in [-0.05, 0) is 23.8 Å². The molecule has 1 heterocycles. The van der Waals surface area contributed by atoms with Crippen molar-refractivity contribution in [3.05, 3.63) is 39.7 Å². The lowest BCUT2D eigenvalue weighted by atomic mass is 10.2. The lowest BCUT2D eigenvalue weighted by Gasteiger charge is -2.11. The van der Waals surface area contributed by atoms with Gasteiger partial charge in [-0.25, -0.2) is 0 Å². The Hall–Kier alpha value is -1.31. The molecule has 1 aromatic rings. The highest BCUT2D eigenvalue weighted by Crippen LogP contribution is 2.37. The van der Waals surface area contributed by atoms with Crippen LogP contribution in [0, 0.1) is 0 Å². The second kappa shape index (κ2) is 7.30. The maximum atomic E-state index is 12.3. The van der Waals surface area contributed by atoms with Crippen LogP contribution in [-0.2, 0) is 4.79 Å². The molecule has 7 heteroatoms. The molecule has 1 amide bonds. The van der Waals surface area contributed by atoms with Crippen molar-refractivity contribution in [1.29, 1.82) is 0 Å². The molecule has 0 atom stereocenters. The summed E-state index contributed by atoms with van der Waals surface area (Å²) < 4.78 is 11.9. The van der Waals surface area contributed by atoms with Gasteiger partial charge in [0.15, 0.2) is 11.5 Å². The molecule has 4 nitrogen and oxygen atoms in total. The predicted octanol–water partition coefficient (Wildman–Crippen LogP) is 3.85. The first kappa shape index (κ1) is 17.1. The van der Waals surface area contributed by atoms with Gasteiger partial charge in [0.05, 0.1) is 19.1 Å². The molecule has 2 rings (SSSR count). The largest absolute Gasteiger partial charge is 0.493 e. The van der Waals surface area contributed by atoms with Gasteiger partial charge in [-0.3, -0.25) is 9.69 Å². The van der Waals surface area contributed by atoms with E-state index in [0.29, 0.717) is 27.3 Å². The van der Waals surface area contributed by atoms with Crippen molar-refractivity contribution >= 4 is 56.2 Å². The van der Waals surface area contributed by atoms with Crippen molar-refractivity contribution in [3.8, 4) is 11.5 Å². The number of hydrogen-bond donors (Lipinski definition) is 0. The summed E-state index contributed by atoms with van der Waals surface area (Å²) in [5.74, 6) is 1.10. The number of hydrogen-bond acceptors (Lipinski definition) is 5. The lowest BCUT2D eigenvalue weighted by Crippen LogP contribution is -2.27. The van der Waals surface area contributed by atoms with Crippen LogP contribution in [0.25, 0.3) is 6.08 Å². The molecular formula is C15H14BrNO3S2. The Bertz CT molecular complexity index is 673. The van der Waals surface area contributed by atoms with E-state index in [0.717, 1.165) is 10.0 Å². The van der Waals surface area contributed by atoms with Crippen molar-refractivity contribution in [2.45, 2.75) is 0 Å². The van der Waals surface area contributed by atoms with Gasteiger partial charge in [0.25, 0.3) is 5.91 Å². The van der Waals surface area contributed by atoms with Crippen LogP contribution in [0.4, 0.5) is 0 Å². The summed E-state index contributed by atoms with van der Waals surface area (Å²) in [6, 6.07) is 3.61. The minimum atomic E-state index is -0.114. The Balaban J connectivity index is 2.39. The Labute approximate surface area is 147 Å². The fraction of sp³-hybridized carbons (Fsp3) is 0.200. The van der Waals surface area contributed by atoms with E-state index in [2.05, 4.69) is 22.5 Å². The van der Waals surface area contributed by atoms with Crippen LogP contribution in [0.5, 0.6) is 11.5 Å². The van der Waals surface area contributed by atoms with Crippen LogP contribution in [0.3, 0.4) is 0 Å². The van der Waals surface area contributed by atoms with Crippen LogP contribution in [0.2, 0.25) is 0 Å². The summed E-state index contributed by atoms with van der Waals surface area (Å²) in [5.41, 5.74) is 0.816. The average Bonchev–Trinajstić information content (AvgIpc) is 2.76. The molecule has 0 aliphatic carbocycles. The molecule has 0 N–H and O–H groups in total. The summed E-state index contributed by atoms with van der Waals surface area (Å²) in [6.45, 7) is 4.05. The first-order valence-corrected chi connectivity index (χ1v) is 8.31. The quantitative estimate of drug-likeness (QED) is 0.427. The molecule has 0 spiro atoms. The van der Waals surface area contributed by atoms with Crippen LogP contribution < -0.4 is 9.47 Å². The number of rotatable bonds is 5. The van der Waals surface area contributed by atoms with E-state index in [4.69, 9.17) is 21.7 Å². The number of carbonyl (C=O) groups excluding carboxylic acids is 1. The highest BCUT2D eigenvalue weighted by atomic mass is 79.9. The molecule has 0 bridgehead atoms. The zero-order valence-electron chi connectivity index (χ0n) is 12.1. The fourth-order valence-corrected chi connectivity index (χ4v) is 3.61. The molecule has 0 saturated carbocycles. The molecule has 0 aromatic heterocycles. The van der Waals surface area contributed by atoms with Crippen molar-refractivity contribution < 1.29 is 14.3 Å². The van der Waals surface area contributed by atoms with Gasteiger partial charge in [0, 0.05) is 11.0 Å². The monoisotopic (exact) mass is 399 g/mol. The lowest BCUT2D eigenvalue weighted by molar-refractivity contribution is -0.121. The molecule has 0 radical (unpaired) electrons. The van der Waals surface area contributed by atoms with E-state index in [1.165, 1.54) is 16.7 Å². The van der Waals surface area contributed by atoms with Crippen molar-refractivity contribution in [3.63, 3.8) is 0 Å². The highest BCUT2D eigenvalue weighted by Gasteiger charge is 2.31. The van der Waals surface area contributed by atoms with Gasteiger partial charge < -0.3 is 9.47 Å². The molecule has 1 aromatic carbocycles. The zero-order chi connectivity index (χ0) is 16.3. The number of thioether (sulfide) groups is 1. The number of ether oxygens (including phenoxy) is 2. The zero-order valence-corrected chi connectivity index (χ0v) is 15.3. The highest BCUT2D eigenvalue weighted by molar-refractivity contribution is 9.10. The molecule has 0 unspecified atom stereocenters. The summed E-state index contributed by atoms with van der Waals surface area (Å²) in [7, 11) is 3.14. The topological polar surface area (TPSA) is 38.8 Å². The van der Waals surface area contributed by atoms with Gasteiger partial charge in [0.2, 0.25) is 0 Å². The fourth-order valence-electron chi connectivity index (χ4n) is 1.91. The molecule has 1 saturated heterocycles. The summed E-state index contributed by atoms with van der Waals surface area (Å²) >= 11 is 9.97. The Morgan fingerprint density at radius 2 is 2.00 bits per heavy atom. The van der Waals surface area contributed by atoms with Crippen molar-refractivity contribution in [2.75, 3.05) is 20.8 Å². The minimum absolute atomic E-state index is 0.114. The Kier molecular flexibility index (Phi) is 5.66. The predicted molar refractivity (Wildman–Crippen MR) is 97.3 cm³/mol. The summed E-state index contributed by atoms with van der Waals surface area (Å²) in [6.07, 6.45) is 3.44. The number of halogens is 1. The number of nitrogens with zero attached hydrogens (tertiary/aromatic N) is 1. The van der Waals surface area contributed by atoms with Gasteiger partial charge in [-0.1, -0.05) is 46.0 Å². The van der Waals surface area contributed by atoms with E-state index < -0.39 is 0 Å². The number of benzene rings is 1. The second-order valence-electron chi connectivity index (χ2n) is 4.31. The van der Waals surface area contributed by atoms with E-state index in [-0.39, 0.29) is 5.91 Å². The maximum absolute atomic E-state index is 12.3. The number of amides is 1. The molecule has 1 aliphatic heterocycles. The third-order valence-corrected chi connectivity index (χ3v) is 5.04. The van der Waals surface area contributed by atoms with E-state index in [9.17, 15) is 4.79 Å². The summed E-state index contributed by atoms with van der Waals surface area (Å²) in [5, 5.41) is 0. The number of carbonyl (C=O) groups is 1. The van der Waals surface area contributed by atoms with Gasteiger partial charge in [-0.15, -0.1) is 6.58 Å². The van der Waals surface area contributed by atoms with E-state index >= 15 is 0 Å². The molecule has 116 valence electrons. The molecule has 1 aliphatic rings. The van der Waals surface area contributed by atoms with Gasteiger partial charge >= 0.3 is 0 Å². The van der Waals surface area contributed by atoms with Gasteiger partial charge in [0.1, 0.15) is 4.32 Å². The first-order valence-electron chi connectivity index (χ1n) is 6.29. The van der Waals surface area contributed by atoms with E-state index in [1.807, 2.05) is 6.07 Å². The second-order valence-corrected chi connectivity index (χ2v) is 6.84. The average molecular weight is 400 g/mol. The van der Waals surface area contributed by atoms with Gasteiger partial charge in [-0.2, -0.15) is 0 Å². The Morgan fingerprint density at radius 1 is 1.36 bits per heavy atom. The normalized spacial score (nSPS) is 16.3. The van der Waals surface area contributed by atoms with Crippen molar-refractivity contribution in [2.24, 2.45) is 0 Å². The first-order chi connectivity index (χ1) is 10.5. The minimum Gasteiger partial charge on any atom is -0.493 e. The third-order valence-electron chi connectivity index (χ3n) is 2.97. The third kappa shape index (κ3) is 3.37. The number of methoxy groups -OCH3 is 2. The summed E-state index contributed by atoms with van der Waals surface area (Å²) in [4.78, 5) is 14.4. The molecule has 1 fully saturated rings. The standard InChI is InChI=1S/C15H14BrNO3S2/c1-4-5-17-14(18)13(22-15(17)21)7-9-6-11(19-2)12(20-3)8-10(9)16/h4,6-8H,1,5H2,2-3H3/b13-7-. The Morgan fingerprint density at radius 3 is 2.59 bits per heavy atom. The smallest absolute Gasteiger partial charge is 0.266 e. The van der Waals surface area contributed by atoms with E-state index in [1.54, 1.807) is 32.4 Å². The van der Waals surface area contributed by atoms with Crippen LogP contribution in [0.15, 0.2) is 34.2 Å². The SMILES string of the molecule is C=CCN1C(=O)/C(=C/c2cc(OC)c(OC)cc2Br)SC1=S. The van der Waals surface area contributed by atoms with Crippen molar-refractivity contribution in [1.82, 2.24) is 4.90 Å². The number of thiocarbonyl (C=S) groups is 1. The van der Waals surface area contributed by atoms with Crippen LogP contribution in [0.1, 0.15) is 5.56 Å². The van der Waals surface area contributed by atoms with Crippen LogP contribution in [-0.4, -0.2) is 35.9 Å². The molecule has 22 heavy (non-hydrogen) atoms.